The Hall–Kier alpha value is -2.74. The number of allylic oxidation sites excluding steroid dienone is 1. The number of carbonyl (C=O) groups excluding carboxylic acids is 1. The average molecular weight is 500 g/mol. The van der Waals surface area contributed by atoms with Gasteiger partial charge in [-0.1, -0.05) is 12.1 Å². The number of anilines is 1. The van der Waals surface area contributed by atoms with E-state index in [-0.39, 0.29) is 23.9 Å². The van der Waals surface area contributed by atoms with Crippen LogP contribution in [0.25, 0.3) is 5.57 Å². The molecule has 1 amide bonds. The van der Waals surface area contributed by atoms with Crippen molar-refractivity contribution >= 4 is 29.6 Å². The van der Waals surface area contributed by atoms with Gasteiger partial charge in [-0.05, 0) is 62.2 Å². The number of carbonyl (C=O) groups is 1. The molecule has 188 valence electrons. The minimum absolute atomic E-state index is 0. The largest absolute Gasteiger partial charge is 0.497 e. The molecule has 0 atom stereocenters. The molecular weight excluding hydrogens is 466 g/mol. The lowest BCUT2D eigenvalue weighted by Crippen LogP contribution is -2.54. The Morgan fingerprint density at radius 1 is 1.00 bits per heavy atom. The Morgan fingerprint density at radius 2 is 1.71 bits per heavy atom. The number of benzene rings is 2. The highest BCUT2D eigenvalue weighted by molar-refractivity contribution is 6.01. The summed E-state index contributed by atoms with van der Waals surface area (Å²) < 4.78 is 16.3. The van der Waals surface area contributed by atoms with Crippen LogP contribution in [0.4, 0.5) is 5.69 Å². The van der Waals surface area contributed by atoms with Crippen LogP contribution in [0.5, 0.6) is 17.2 Å². The Kier molecular flexibility index (Phi) is 7.31. The number of halogens is 1. The minimum Gasteiger partial charge on any atom is -0.497 e. The first-order valence-electron chi connectivity index (χ1n) is 11.9. The van der Waals surface area contributed by atoms with Gasteiger partial charge in [-0.2, -0.15) is 0 Å². The van der Waals surface area contributed by atoms with Crippen molar-refractivity contribution in [2.45, 2.75) is 32.9 Å². The third-order valence-electron chi connectivity index (χ3n) is 6.93. The number of hydrogen-bond acceptors (Lipinski definition) is 6. The summed E-state index contributed by atoms with van der Waals surface area (Å²) in [5.41, 5.74) is 4.01. The normalized spacial score (nSPS) is 19.0. The van der Waals surface area contributed by atoms with Crippen LogP contribution < -0.4 is 19.1 Å². The molecule has 0 aliphatic carbocycles. The summed E-state index contributed by atoms with van der Waals surface area (Å²) in [5, 5.41) is 0. The molecule has 0 bridgehead atoms. The van der Waals surface area contributed by atoms with Crippen LogP contribution in [0.2, 0.25) is 0 Å². The highest BCUT2D eigenvalue weighted by atomic mass is 35.5. The number of rotatable bonds is 5. The molecule has 0 spiro atoms. The first-order valence-corrected chi connectivity index (χ1v) is 11.9. The van der Waals surface area contributed by atoms with E-state index in [1.54, 1.807) is 7.11 Å². The van der Waals surface area contributed by atoms with Crippen molar-refractivity contribution in [1.29, 1.82) is 0 Å². The van der Waals surface area contributed by atoms with E-state index in [1.807, 2.05) is 29.2 Å². The lowest BCUT2D eigenvalue weighted by molar-refractivity contribution is -0.121. The van der Waals surface area contributed by atoms with Crippen molar-refractivity contribution in [3.8, 4) is 17.2 Å². The molecule has 0 radical (unpaired) electrons. The molecule has 1 fully saturated rings. The number of hydrogen-bond donors (Lipinski definition) is 0. The highest BCUT2D eigenvalue weighted by Crippen LogP contribution is 2.40. The van der Waals surface area contributed by atoms with Crippen molar-refractivity contribution < 1.29 is 19.0 Å². The molecule has 1 saturated heterocycles. The molecule has 0 unspecified atom stereocenters. The quantitative estimate of drug-likeness (QED) is 0.615. The van der Waals surface area contributed by atoms with E-state index in [9.17, 15) is 4.79 Å². The van der Waals surface area contributed by atoms with Crippen molar-refractivity contribution in [3.63, 3.8) is 0 Å². The summed E-state index contributed by atoms with van der Waals surface area (Å²) in [7, 11) is 1.67. The molecule has 2 aromatic carbocycles. The molecule has 0 saturated carbocycles. The molecule has 3 aliphatic rings. The molecular formula is C27H34ClN3O4. The van der Waals surface area contributed by atoms with E-state index in [0.717, 1.165) is 61.2 Å². The van der Waals surface area contributed by atoms with Gasteiger partial charge < -0.3 is 19.1 Å². The van der Waals surface area contributed by atoms with Gasteiger partial charge in [0.05, 0.1) is 24.9 Å². The molecule has 2 aromatic rings. The van der Waals surface area contributed by atoms with Gasteiger partial charge in [0.1, 0.15) is 5.75 Å². The Balaban J connectivity index is 0.00000289. The van der Waals surface area contributed by atoms with Gasteiger partial charge in [-0.25, -0.2) is 0 Å². The smallest absolute Gasteiger partial charge is 0.241 e. The Labute approximate surface area is 213 Å². The summed E-state index contributed by atoms with van der Waals surface area (Å²) in [6, 6.07) is 12.1. The molecule has 35 heavy (non-hydrogen) atoms. The zero-order valence-electron chi connectivity index (χ0n) is 20.9. The molecule has 0 N–H and O–H groups in total. The number of fused-ring (bicyclic) bond motifs is 2. The number of nitrogens with zero attached hydrogens (tertiary/aromatic N) is 3. The fourth-order valence-corrected chi connectivity index (χ4v) is 5.26. The van der Waals surface area contributed by atoms with Crippen LogP contribution >= 0.6 is 12.4 Å². The average Bonchev–Trinajstić information content (AvgIpc) is 3.27. The number of ether oxygens (including phenoxy) is 3. The third kappa shape index (κ3) is 5.13. The fourth-order valence-electron chi connectivity index (χ4n) is 5.26. The number of amides is 1. The van der Waals surface area contributed by atoms with Crippen LogP contribution in [0.3, 0.4) is 0 Å². The van der Waals surface area contributed by atoms with Crippen molar-refractivity contribution in [2.75, 3.05) is 51.5 Å². The Bertz CT molecular complexity index is 1130. The molecule has 5 rings (SSSR count). The maximum Gasteiger partial charge on any atom is 0.241 e. The summed E-state index contributed by atoms with van der Waals surface area (Å²) in [4.78, 5) is 20.2. The van der Waals surface area contributed by atoms with E-state index < -0.39 is 0 Å². The van der Waals surface area contributed by atoms with Crippen molar-refractivity contribution in [3.05, 3.63) is 53.6 Å². The number of piperazine rings is 1. The van der Waals surface area contributed by atoms with Crippen LogP contribution in [0.1, 0.15) is 31.9 Å². The van der Waals surface area contributed by atoms with Gasteiger partial charge >= 0.3 is 0 Å². The topological polar surface area (TPSA) is 54.5 Å². The minimum atomic E-state index is -0.385. The van der Waals surface area contributed by atoms with E-state index in [0.29, 0.717) is 13.3 Å². The van der Waals surface area contributed by atoms with Gasteiger partial charge in [0.25, 0.3) is 0 Å². The summed E-state index contributed by atoms with van der Waals surface area (Å²) in [5.74, 6) is 2.58. The van der Waals surface area contributed by atoms with E-state index in [4.69, 9.17) is 14.2 Å². The standard InChI is InChI=1S/C27H33N3O4.ClH/c1-19-15-27(2,3)30(23-7-6-21(32-4)14-22(19)23)26(31)17-29-11-9-28(10-12-29)16-20-5-8-24-25(13-20)34-18-33-24;/h5-8,13-15H,9-12,16-18H2,1-4H3;1H. The first-order chi connectivity index (χ1) is 16.3. The van der Waals surface area contributed by atoms with Crippen molar-refractivity contribution in [2.24, 2.45) is 0 Å². The van der Waals surface area contributed by atoms with E-state index in [2.05, 4.69) is 48.8 Å². The second-order valence-corrected chi connectivity index (χ2v) is 9.83. The molecule has 8 heteroatoms. The van der Waals surface area contributed by atoms with Gasteiger partial charge in [-0.3, -0.25) is 14.6 Å². The van der Waals surface area contributed by atoms with Crippen LogP contribution in [0, 0.1) is 0 Å². The van der Waals surface area contributed by atoms with E-state index >= 15 is 0 Å². The summed E-state index contributed by atoms with van der Waals surface area (Å²) in [6.45, 7) is 11.5. The molecule has 3 aliphatic heterocycles. The van der Waals surface area contributed by atoms with Gasteiger partial charge in [-0.15, -0.1) is 12.4 Å². The van der Waals surface area contributed by atoms with Gasteiger partial charge in [0.15, 0.2) is 11.5 Å². The van der Waals surface area contributed by atoms with Crippen LogP contribution in [-0.2, 0) is 11.3 Å². The molecule has 7 nitrogen and oxygen atoms in total. The Morgan fingerprint density at radius 3 is 2.46 bits per heavy atom. The maximum absolute atomic E-state index is 13.6. The lowest BCUT2D eigenvalue weighted by Gasteiger charge is -2.43. The highest BCUT2D eigenvalue weighted by Gasteiger charge is 2.36. The molecule has 3 heterocycles. The fraction of sp³-hybridized carbons (Fsp3) is 0.444. The summed E-state index contributed by atoms with van der Waals surface area (Å²) in [6.07, 6.45) is 2.18. The molecule has 0 aromatic heterocycles. The maximum atomic E-state index is 13.6. The van der Waals surface area contributed by atoms with Crippen molar-refractivity contribution in [1.82, 2.24) is 9.80 Å². The van der Waals surface area contributed by atoms with Gasteiger partial charge in [0.2, 0.25) is 12.7 Å². The second-order valence-electron chi connectivity index (χ2n) is 9.83. The predicted octanol–water partition coefficient (Wildman–Crippen LogP) is 4.19. The second kappa shape index (κ2) is 10.1. The summed E-state index contributed by atoms with van der Waals surface area (Å²) >= 11 is 0. The number of methoxy groups -OCH3 is 1. The third-order valence-corrected chi connectivity index (χ3v) is 6.93. The van der Waals surface area contributed by atoms with Gasteiger partial charge in [0, 0.05) is 38.3 Å². The zero-order valence-corrected chi connectivity index (χ0v) is 21.7. The monoisotopic (exact) mass is 499 g/mol. The SMILES string of the molecule is COc1ccc2c(c1)C(C)=CC(C)(C)N2C(=O)CN1CCN(Cc2ccc3c(c2)OCO3)CC1.Cl. The van der Waals surface area contributed by atoms with Crippen LogP contribution in [-0.4, -0.2) is 67.9 Å². The lowest BCUT2D eigenvalue weighted by atomic mass is 9.88. The predicted molar refractivity (Wildman–Crippen MR) is 140 cm³/mol. The first kappa shape index (κ1) is 25.4. The van der Waals surface area contributed by atoms with Crippen LogP contribution in [0.15, 0.2) is 42.5 Å². The van der Waals surface area contributed by atoms with E-state index in [1.165, 1.54) is 11.1 Å². The zero-order chi connectivity index (χ0) is 23.9.